The van der Waals surface area contributed by atoms with Crippen molar-refractivity contribution >= 4 is 12.0 Å². The van der Waals surface area contributed by atoms with Gasteiger partial charge in [0.1, 0.15) is 0 Å². The monoisotopic (exact) mass is 245 g/mol. The molecule has 2 N–H and O–H groups in total. The Bertz CT molecular complexity index is 244. The Balaban J connectivity index is 3.83. The van der Waals surface area contributed by atoms with Gasteiger partial charge >= 0.3 is 12.0 Å². The molecule has 6 nitrogen and oxygen atoms in total. The summed E-state index contributed by atoms with van der Waals surface area (Å²) in [6.45, 7) is 4.34. The van der Waals surface area contributed by atoms with E-state index in [1.54, 1.807) is 4.90 Å². The van der Waals surface area contributed by atoms with Gasteiger partial charge in [-0.1, -0.05) is 0 Å². The van der Waals surface area contributed by atoms with Crippen LogP contribution in [-0.2, 0) is 4.79 Å². The van der Waals surface area contributed by atoms with Gasteiger partial charge in [0.15, 0.2) is 0 Å². The number of amides is 2. The molecule has 0 heterocycles. The van der Waals surface area contributed by atoms with Crippen LogP contribution in [0.5, 0.6) is 0 Å². The number of aliphatic carboxylic acids is 1. The number of hydrogen-bond acceptors (Lipinski definition) is 3. The molecule has 0 saturated carbocycles. The minimum atomic E-state index is -0.902. The van der Waals surface area contributed by atoms with Crippen LogP contribution >= 0.6 is 0 Å². The topological polar surface area (TPSA) is 72.9 Å². The second kappa shape index (κ2) is 8.81. The molecule has 0 aromatic carbocycles. The van der Waals surface area contributed by atoms with Gasteiger partial charge in [-0.2, -0.15) is 0 Å². The summed E-state index contributed by atoms with van der Waals surface area (Å²) in [6.07, 6.45) is 0.869. The number of nitrogens with one attached hydrogen (secondary N) is 1. The first kappa shape index (κ1) is 15.7. The predicted molar refractivity (Wildman–Crippen MR) is 66.1 cm³/mol. The molecule has 0 aromatic rings. The summed E-state index contributed by atoms with van der Waals surface area (Å²) in [5.74, 6) is -0.902. The molecule has 0 unspecified atom stereocenters. The Kier molecular flexibility index (Phi) is 8.13. The van der Waals surface area contributed by atoms with Crippen LogP contribution in [0.3, 0.4) is 0 Å². The van der Waals surface area contributed by atoms with Crippen LogP contribution in [0.1, 0.15) is 19.8 Å². The summed E-state index contributed by atoms with van der Waals surface area (Å²) in [5, 5.41) is 11.0. The molecular weight excluding hydrogens is 222 g/mol. The number of carbonyl (C=O) groups excluding carboxylic acids is 1. The molecule has 0 aliphatic carbocycles. The van der Waals surface area contributed by atoms with E-state index in [2.05, 4.69) is 10.2 Å². The number of carboxylic acid groups (broad SMARTS) is 1. The summed E-state index contributed by atoms with van der Waals surface area (Å²) in [6, 6.07) is -0.187. The molecule has 0 aliphatic heterocycles. The minimum absolute atomic E-state index is 0.0407. The van der Waals surface area contributed by atoms with Crippen LogP contribution in [-0.4, -0.2) is 67.2 Å². The van der Waals surface area contributed by atoms with Crippen LogP contribution in [0.4, 0.5) is 4.79 Å². The van der Waals surface area contributed by atoms with Crippen molar-refractivity contribution in [2.24, 2.45) is 0 Å². The summed E-state index contributed by atoms with van der Waals surface area (Å²) >= 11 is 0. The zero-order chi connectivity index (χ0) is 13.3. The fourth-order valence-electron chi connectivity index (χ4n) is 1.37. The molecule has 0 atom stereocenters. The Morgan fingerprint density at radius 3 is 2.35 bits per heavy atom. The first-order chi connectivity index (χ1) is 7.97. The lowest BCUT2D eigenvalue weighted by atomic mass is 10.3. The van der Waals surface area contributed by atoms with Crippen molar-refractivity contribution in [3.05, 3.63) is 0 Å². The molecule has 2 amide bonds. The second-order valence-electron chi connectivity index (χ2n) is 4.11. The van der Waals surface area contributed by atoms with E-state index in [0.717, 1.165) is 13.0 Å². The van der Waals surface area contributed by atoms with Crippen molar-refractivity contribution in [3.8, 4) is 0 Å². The third kappa shape index (κ3) is 8.50. The Hall–Kier alpha value is -1.30. The minimum Gasteiger partial charge on any atom is -0.481 e. The van der Waals surface area contributed by atoms with E-state index in [0.29, 0.717) is 13.1 Å². The normalized spacial score (nSPS) is 10.4. The van der Waals surface area contributed by atoms with Crippen LogP contribution in [0.15, 0.2) is 0 Å². The van der Waals surface area contributed by atoms with Crippen molar-refractivity contribution in [2.75, 3.05) is 40.3 Å². The largest absolute Gasteiger partial charge is 0.481 e. The third-order valence-electron chi connectivity index (χ3n) is 2.32. The molecule has 100 valence electrons. The fraction of sp³-hybridized carbons (Fsp3) is 0.818. The third-order valence-corrected chi connectivity index (χ3v) is 2.32. The Labute approximate surface area is 103 Å². The molecule has 17 heavy (non-hydrogen) atoms. The highest BCUT2D eigenvalue weighted by Gasteiger charge is 2.10. The highest BCUT2D eigenvalue weighted by atomic mass is 16.4. The molecule has 0 aliphatic rings. The number of carboxylic acids is 1. The van der Waals surface area contributed by atoms with Crippen molar-refractivity contribution in [3.63, 3.8) is 0 Å². The average molecular weight is 245 g/mol. The van der Waals surface area contributed by atoms with Crippen LogP contribution in [0.2, 0.25) is 0 Å². The number of urea groups is 1. The number of rotatable bonds is 8. The first-order valence-corrected chi connectivity index (χ1v) is 5.86. The first-order valence-electron chi connectivity index (χ1n) is 5.86. The maximum absolute atomic E-state index is 11.6. The lowest BCUT2D eigenvalue weighted by Gasteiger charge is -2.22. The molecule has 0 bridgehead atoms. The summed E-state index contributed by atoms with van der Waals surface area (Å²) < 4.78 is 0. The maximum atomic E-state index is 11.6. The maximum Gasteiger partial charge on any atom is 0.317 e. The molecule has 0 spiro atoms. The molecule has 0 radical (unpaired) electrons. The highest BCUT2D eigenvalue weighted by Crippen LogP contribution is 1.94. The van der Waals surface area contributed by atoms with Gasteiger partial charge in [0.05, 0.1) is 6.42 Å². The molecule has 0 fully saturated rings. The highest BCUT2D eigenvalue weighted by molar-refractivity contribution is 5.75. The van der Waals surface area contributed by atoms with Gasteiger partial charge in [0.2, 0.25) is 0 Å². The summed E-state index contributed by atoms with van der Waals surface area (Å²) in [7, 11) is 3.98. The average Bonchev–Trinajstić information content (AvgIpc) is 2.23. The van der Waals surface area contributed by atoms with Crippen molar-refractivity contribution in [1.29, 1.82) is 0 Å². The number of hydrogen-bond donors (Lipinski definition) is 2. The van der Waals surface area contributed by atoms with E-state index < -0.39 is 5.97 Å². The zero-order valence-corrected chi connectivity index (χ0v) is 10.9. The molecule has 0 aromatic heterocycles. The van der Waals surface area contributed by atoms with Crippen LogP contribution < -0.4 is 5.32 Å². The van der Waals surface area contributed by atoms with Gasteiger partial charge in [-0.25, -0.2) is 4.79 Å². The summed E-state index contributed by atoms with van der Waals surface area (Å²) in [5.41, 5.74) is 0. The second-order valence-corrected chi connectivity index (χ2v) is 4.11. The SMILES string of the molecule is CCN(CCCN(C)C)C(=O)NCCC(=O)O. The van der Waals surface area contributed by atoms with E-state index >= 15 is 0 Å². The van der Waals surface area contributed by atoms with E-state index in [4.69, 9.17) is 5.11 Å². The van der Waals surface area contributed by atoms with E-state index in [9.17, 15) is 9.59 Å². The van der Waals surface area contributed by atoms with Crippen molar-refractivity contribution in [1.82, 2.24) is 15.1 Å². The van der Waals surface area contributed by atoms with Crippen LogP contribution in [0, 0.1) is 0 Å². The van der Waals surface area contributed by atoms with Gasteiger partial charge in [0, 0.05) is 19.6 Å². The van der Waals surface area contributed by atoms with E-state index in [1.165, 1.54) is 0 Å². The van der Waals surface area contributed by atoms with Gasteiger partial charge in [0.25, 0.3) is 0 Å². The van der Waals surface area contributed by atoms with Crippen molar-refractivity contribution in [2.45, 2.75) is 19.8 Å². The predicted octanol–water partition coefficient (Wildman–Crippen LogP) is 0.444. The van der Waals surface area contributed by atoms with Gasteiger partial charge in [-0.3, -0.25) is 4.79 Å². The Morgan fingerprint density at radius 1 is 1.24 bits per heavy atom. The number of nitrogens with zero attached hydrogens (tertiary/aromatic N) is 2. The summed E-state index contributed by atoms with van der Waals surface area (Å²) in [4.78, 5) is 25.7. The lowest BCUT2D eigenvalue weighted by Crippen LogP contribution is -2.41. The van der Waals surface area contributed by atoms with Gasteiger partial charge in [-0.15, -0.1) is 0 Å². The lowest BCUT2D eigenvalue weighted by molar-refractivity contribution is -0.136. The van der Waals surface area contributed by atoms with Gasteiger partial charge < -0.3 is 20.2 Å². The molecule has 0 rings (SSSR count). The fourth-order valence-corrected chi connectivity index (χ4v) is 1.37. The smallest absolute Gasteiger partial charge is 0.317 e. The molecule has 6 heteroatoms. The molecule has 0 saturated heterocycles. The standard InChI is InChI=1S/C11H23N3O3/c1-4-14(9-5-8-13(2)3)11(17)12-7-6-10(15)16/h4-9H2,1-3H3,(H,12,17)(H,15,16). The van der Waals surface area contributed by atoms with Crippen molar-refractivity contribution < 1.29 is 14.7 Å². The quantitative estimate of drug-likeness (QED) is 0.651. The number of carbonyl (C=O) groups is 2. The Morgan fingerprint density at radius 2 is 1.88 bits per heavy atom. The van der Waals surface area contributed by atoms with E-state index in [1.807, 2.05) is 21.0 Å². The van der Waals surface area contributed by atoms with E-state index in [-0.39, 0.29) is 19.0 Å². The van der Waals surface area contributed by atoms with Crippen LogP contribution in [0.25, 0.3) is 0 Å². The zero-order valence-electron chi connectivity index (χ0n) is 10.9. The molecular formula is C11H23N3O3. The van der Waals surface area contributed by atoms with Gasteiger partial charge in [-0.05, 0) is 34.0 Å².